The van der Waals surface area contributed by atoms with E-state index < -0.39 is 5.97 Å². The molecule has 3 N–H and O–H groups in total. The van der Waals surface area contributed by atoms with Crippen LogP contribution in [0.1, 0.15) is 21.5 Å². The largest absolute Gasteiger partial charge is 0.478 e. The molecular weight excluding hydrogens is 166 g/mol. The molecule has 3 heteroatoms. The van der Waals surface area contributed by atoms with Crippen molar-refractivity contribution in [1.82, 2.24) is 0 Å². The van der Waals surface area contributed by atoms with Crippen molar-refractivity contribution < 1.29 is 9.90 Å². The van der Waals surface area contributed by atoms with Crippen LogP contribution in [-0.2, 0) is 0 Å². The summed E-state index contributed by atoms with van der Waals surface area (Å²) in [5.74, 6) is 1.33. The number of anilines is 1. The first-order valence-corrected chi connectivity index (χ1v) is 3.66. The predicted molar refractivity (Wildman–Crippen MR) is 50.5 cm³/mol. The number of aromatic carboxylic acids is 1. The van der Waals surface area contributed by atoms with Gasteiger partial charge in [0.05, 0.1) is 5.56 Å². The molecule has 0 bridgehead atoms. The lowest BCUT2D eigenvalue weighted by Crippen LogP contribution is -2.03. The molecule has 1 aromatic rings. The van der Waals surface area contributed by atoms with Gasteiger partial charge in [0.15, 0.2) is 0 Å². The third-order valence-corrected chi connectivity index (χ3v) is 1.84. The van der Waals surface area contributed by atoms with E-state index in [-0.39, 0.29) is 5.56 Å². The smallest absolute Gasteiger partial charge is 0.336 e. The Balaban J connectivity index is 3.44. The van der Waals surface area contributed by atoms with Crippen LogP contribution in [0.4, 0.5) is 5.69 Å². The molecule has 0 saturated carbocycles. The summed E-state index contributed by atoms with van der Waals surface area (Å²) in [5.41, 5.74) is 7.18. The highest BCUT2D eigenvalue weighted by Crippen LogP contribution is 2.18. The van der Waals surface area contributed by atoms with Crippen molar-refractivity contribution in [2.45, 2.75) is 6.92 Å². The number of terminal acetylenes is 1. The highest BCUT2D eigenvalue weighted by Gasteiger charge is 2.10. The fraction of sp³-hybridized carbons (Fsp3) is 0.100. The maximum absolute atomic E-state index is 10.7. The molecule has 0 amide bonds. The molecule has 0 heterocycles. The second-order valence-electron chi connectivity index (χ2n) is 2.69. The first-order valence-electron chi connectivity index (χ1n) is 3.66. The average molecular weight is 175 g/mol. The summed E-state index contributed by atoms with van der Waals surface area (Å²) in [7, 11) is 0. The van der Waals surface area contributed by atoms with Gasteiger partial charge in [-0.3, -0.25) is 0 Å². The number of nitrogen functional groups attached to an aromatic ring is 1. The minimum absolute atomic E-state index is 0.160. The molecule has 0 aliphatic heterocycles. The van der Waals surface area contributed by atoms with Gasteiger partial charge in [0.2, 0.25) is 0 Å². The Labute approximate surface area is 76.2 Å². The van der Waals surface area contributed by atoms with Crippen LogP contribution < -0.4 is 5.73 Å². The Bertz CT molecular complexity index is 402. The molecule has 0 spiro atoms. The van der Waals surface area contributed by atoms with Gasteiger partial charge in [-0.25, -0.2) is 4.79 Å². The molecule has 66 valence electrons. The molecule has 0 unspecified atom stereocenters. The summed E-state index contributed by atoms with van der Waals surface area (Å²) in [6.45, 7) is 1.65. The van der Waals surface area contributed by atoms with Gasteiger partial charge < -0.3 is 10.8 Å². The summed E-state index contributed by atoms with van der Waals surface area (Å²) >= 11 is 0. The topological polar surface area (TPSA) is 63.3 Å². The molecule has 0 atom stereocenters. The molecule has 13 heavy (non-hydrogen) atoms. The molecule has 3 nitrogen and oxygen atoms in total. The quantitative estimate of drug-likeness (QED) is 0.499. The van der Waals surface area contributed by atoms with Crippen LogP contribution in [0, 0.1) is 19.3 Å². The van der Waals surface area contributed by atoms with Gasteiger partial charge in [0.1, 0.15) is 0 Å². The van der Waals surface area contributed by atoms with E-state index in [2.05, 4.69) is 5.92 Å². The van der Waals surface area contributed by atoms with E-state index in [4.69, 9.17) is 17.3 Å². The summed E-state index contributed by atoms with van der Waals surface area (Å²) in [6.07, 6.45) is 5.14. The van der Waals surface area contributed by atoms with Crippen LogP contribution in [0.5, 0.6) is 0 Å². The van der Waals surface area contributed by atoms with Gasteiger partial charge in [-0.05, 0) is 24.6 Å². The summed E-state index contributed by atoms with van der Waals surface area (Å²) in [4.78, 5) is 10.7. The van der Waals surface area contributed by atoms with Crippen molar-refractivity contribution in [3.63, 3.8) is 0 Å². The molecular formula is C10H9NO2. The third-order valence-electron chi connectivity index (χ3n) is 1.84. The Kier molecular flexibility index (Phi) is 2.25. The average Bonchev–Trinajstić information content (AvgIpc) is 2.09. The molecule has 0 aliphatic carbocycles. The van der Waals surface area contributed by atoms with Crippen LogP contribution in [0.2, 0.25) is 0 Å². The number of benzene rings is 1. The number of rotatable bonds is 1. The van der Waals surface area contributed by atoms with Gasteiger partial charge in [-0.2, -0.15) is 0 Å². The van der Waals surface area contributed by atoms with Gasteiger partial charge >= 0.3 is 5.97 Å². The maximum Gasteiger partial charge on any atom is 0.336 e. The molecule has 1 rings (SSSR count). The fourth-order valence-corrected chi connectivity index (χ4v) is 1.04. The van der Waals surface area contributed by atoms with Gasteiger partial charge in [0.25, 0.3) is 0 Å². The summed E-state index contributed by atoms with van der Waals surface area (Å²) in [5, 5.41) is 8.79. The number of carboxylic acid groups (broad SMARTS) is 1. The Morgan fingerprint density at radius 1 is 1.62 bits per heavy atom. The minimum atomic E-state index is -1.01. The standard InChI is InChI=1S/C10H9NO2/c1-3-7-4-8(10(12)13)6(2)9(11)5-7/h1,4-5H,11H2,2H3,(H,12,13). The van der Waals surface area contributed by atoms with Crippen molar-refractivity contribution in [3.8, 4) is 12.3 Å². The first-order chi connectivity index (χ1) is 6.06. The van der Waals surface area contributed by atoms with Gasteiger partial charge in [0, 0.05) is 11.3 Å². The highest BCUT2D eigenvalue weighted by molar-refractivity contribution is 5.91. The number of hydrogen-bond donors (Lipinski definition) is 2. The van der Waals surface area contributed by atoms with Crippen LogP contribution in [0.25, 0.3) is 0 Å². The molecule has 0 fully saturated rings. The monoisotopic (exact) mass is 175 g/mol. The first kappa shape index (κ1) is 9.14. The van der Waals surface area contributed by atoms with E-state index in [1.807, 2.05) is 0 Å². The second-order valence-corrected chi connectivity index (χ2v) is 2.69. The van der Waals surface area contributed by atoms with E-state index in [9.17, 15) is 4.79 Å². The Morgan fingerprint density at radius 3 is 2.69 bits per heavy atom. The molecule has 1 aromatic carbocycles. The lowest BCUT2D eigenvalue weighted by atomic mass is 10.0. The normalized spacial score (nSPS) is 9.23. The Morgan fingerprint density at radius 2 is 2.23 bits per heavy atom. The van der Waals surface area contributed by atoms with Crippen LogP contribution >= 0.6 is 0 Å². The second kappa shape index (κ2) is 3.20. The molecule has 0 radical (unpaired) electrons. The van der Waals surface area contributed by atoms with E-state index in [1.54, 1.807) is 13.0 Å². The predicted octanol–water partition coefficient (Wildman–Crippen LogP) is 1.26. The number of hydrogen-bond acceptors (Lipinski definition) is 2. The fourth-order valence-electron chi connectivity index (χ4n) is 1.04. The van der Waals surface area contributed by atoms with E-state index >= 15 is 0 Å². The highest BCUT2D eigenvalue weighted by atomic mass is 16.4. The lowest BCUT2D eigenvalue weighted by molar-refractivity contribution is 0.0696. The number of carbonyl (C=O) groups is 1. The summed E-state index contributed by atoms with van der Waals surface area (Å²) < 4.78 is 0. The number of carboxylic acids is 1. The number of nitrogens with two attached hydrogens (primary N) is 1. The van der Waals surface area contributed by atoms with Crippen LogP contribution in [0.3, 0.4) is 0 Å². The summed E-state index contributed by atoms with van der Waals surface area (Å²) in [6, 6.07) is 3.02. The van der Waals surface area contributed by atoms with Crippen molar-refractivity contribution >= 4 is 11.7 Å². The van der Waals surface area contributed by atoms with Crippen LogP contribution in [0.15, 0.2) is 12.1 Å². The molecule has 0 aliphatic rings. The molecule has 0 aromatic heterocycles. The minimum Gasteiger partial charge on any atom is -0.478 e. The SMILES string of the molecule is C#Cc1cc(N)c(C)c(C(=O)O)c1. The zero-order chi connectivity index (χ0) is 10.0. The van der Waals surface area contributed by atoms with Crippen molar-refractivity contribution in [2.24, 2.45) is 0 Å². The lowest BCUT2D eigenvalue weighted by Gasteiger charge is -2.05. The van der Waals surface area contributed by atoms with E-state index in [0.717, 1.165) is 0 Å². The van der Waals surface area contributed by atoms with Crippen molar-refractivity contribution in [1.29, 1.82) is 0 Å². The van der Waals surface area contributed by atoms with Gasteiger partial charge in [-0.15, -0.1) is 6.42 Å². The Hall–Kier alpha value is -1.95. The zero-order valence-corrected chi connectivity index (χ0v) is 7.16. The van der Waals surface area contributed by atoms with E-state index in [0.29, 0.717) is 16.8 Å². The van der Waals surface area contributed by atoms with Gasteiger partial charge in [-0.1, -0.05) is 5.92 Å². The maximum atomic E-state index is 10.7. The molecule has 0 saturated heterocycles. The van der Waals surface area contributed by atoms with E-state index in [1.165, 1.54) is 6.07 Å². The van der Waals surface area contributed by atoms with Crippen molar-refractivity contribution in [3.05, 3.63) is 28.8 Å². The third kappa shape index (κ3) is 1.62. The van der Waals surface area contributed by atoms with Crippen LogP contribution in [-0.4, -0.2) is 11.1 Å². The zero-order valence-electron chi connectivity index (χ0n) is 7.16. The van der Waals surface area contributed by atoms with Crippen molar-refractivity contribution in [2.75, 3.05) is 5.73 Å².